The van der Waals surface area contributed by atoms with Crippen molar-refractivity contribution in [3.05, 3.63) is 29.6 Å². The Bertz CT molecular complexity index is 832. The van der Waals surface area contributed by atoms with Crippen LogP contribution in [0.25, 0.3) is 0 Å². The van der Waals surface area contributed by atoms with Crippen LogP contribution in [0.3, 0.4) is 0 Å². The summed E-state index contributed by atoms with van der Waals surface area (Å²) in [7, 11) is 1.36. The second-order valence-electron chi connectivity index (χ2n) is 10.7. The van der Waals surface area contributed by atoms with Gasteiger partial charge in [-0.3, -0.25) is 0 Å². The van der Waals surface area contributed by atoms with Crippen molar-refractivity contribution >= 4 is 23.9 Å². The van der Waals surface area contributed by atoms with Gasteiger partial charge in [0.2, 0.25) is 5.69 Å². The predicted molar refractivity (Wildman–Crippen MR) is 160 cm³/mol. The van der Waals surface area contributed by atoms with Crippen LogP contribution in [0.2, 0.25) is 0 Å². The largest absolute Gasteiger partial charge is 0.453 e. The van der Waals surface area contributed by atoms with Gasteiger partial charge >= 0.3 is 12.2 Å². The molecule has 1 fully saturated rings. The summed E-state index contributed by atoms with van der Waals surface area (Å²) in [5.74, 6) is 1.02. The molecule has 0 saturated carbocycles. The van der Waals surface area contributed by atoms with E-state index in [1.54, 1.807) is 0 Å². The molecule has 2 amide bonds. The molecule has 1 saturated heterocycles. The quantitative estimate of drug-likeness (QED) is 0.120. The van der Waals surface area contributed by atoms with Crippen molar-refractivity contribution in [2.75, 3.05) is 26.0 Å². The summed E-state index contributed by atoms with van der Waals surface area (Å²) in [6, 6.07) is 4.11. The maximum Gasteiger partial charge on any atom is 0.407 e. The van der Waals surface area contributed by atoms with Crippen molar-refractivity contribution < 1.29 is 23.6 Å². The number of amides is 2. The average Bonchev–Trinajstić information content (AvgIpc) is 2.93. The molecule has 1 aromatic rings. The standard InChI is InChI=1S/C31H53N3O4S/c1-4-6-7-8-9-10-11-12-13-14-15-16-17-18-22-32-30(36)38-26-31(21-24-39-31)27-20-19-23-34(5-2)28(27)25-33-29(35)37-3/h19-20,23H,4-18,21-22,24-26H2,1-3H3,(H-,32,33,35,36)/p+1. The molecule has 0 aromatic carbocycles. The molecule has 1 aliphatic heterocycles. The second-order valence-corrected chi connectivity index (χ2v) is 12.2. The number of unbranched alkanes of at least 4 members (excludes halogenated alkanes) is 13. The Kier molecular flexibility index (Phi) is 17.0. The average molecular weight is 565 g/mol. The van der Waals surface area contributed by atoms with Gasteiger partial charge in [0, 0.05) is 18.2 Å². The molecule has 39 heavy (non-hydrogen) atoms. The number of alkyl carbamates (subject to hydrolysis) is 2. The van der Waals surface area contributed by atoms with Crippen molar-refractivity contribution in [3.8, 4) is 0 Å². The Morgan fingerprint density at radius 3 is 2.00 bits per heavy atom. The Hall–Kier alpha value is -1.96. The summed E-state index contributed by atoms with van der Waals surface area (Å²) < 4.78 is 12.3. The zero-order chi connectivity index (χ0) is 28.2. The van der Waals surface area contributed by atoms with Gasteiger partial charge in [-0.05, 0) is 31.6 Å². The topological polar surface area (TPSA) is 80.5 Å². The molecule has 8 heteroatoms. The van der Waals surface area contributed by atoms with Crippen LogP contribution < -0.4 is 15.2 Å². The van der Waals surface area contributed by atoms with E-state index in [-0.39, 0.29) is 10.8 Å². The number of thioether (sulfide) groups is 1. The summed E-state index contributed by atoms with van der Waals surface area (Å²) in [6.07, 6.45) is 20.7. The van der Waals surface area contributed by atoms with Gasteiger partial charge in [-0.1, -0.05) is 90.4 Å². The van der Waals surface area contributed by atoms with Gasteiger partial charge in [0.1, 0.15) is 19.7 Å². The minimum absolute atomic E-state index is 0.280. The number of nitrogens with one attached hydrogen (secondary N) is 2. The Balaban J connectivity index is 1.61. The summed E-state index contributed by atoms with van der Waals surface area (Å²) in [4.78, 5) is 24.1. The lowest BCUT2D eigenvalue weighted by Gasteiger charge is -2.40. The van der Waals surface area contributed by atoms with E-state index in [2.05, 4.69) is 35.1 Å². The fourth-order valence-corrected chi connectivity index (χ4v) is 6.40. The Morgan fingerprint density at radius 2 is 1.49 bits per heavy atom. The van der Waals surface area contributed by atoms with Crippen molar-refractivity contribution in [1.29, 1.82) is 0 Å². The third kappa shape index (κ3) is 12.4. The molecule has 2 heterocycles. The van der Waals surface area contributed by atoms with Crippen molar-refractivity contribution in [3.63, 3.8) is 0 Å². The molecule has 0 aliphatic carbocycles. The van der Waals surface area contributed by atoms with E-state index in [1.165, 1.54) is 84.2 Å². The van der Waals surface area contributed by atoms with Gasteiger partial charge < -0.3 is 20.1 Å². The van der Waals surface area contributed by atoms with Crippen LogP contribution in [0, 0.1) is 0 Å². The molecule has 0 spiro atoms. The van der Waals surface area contributed by atoms with E-state index < -0.39 is 6.09 Å². The number of pyridine rings is 1. The lowest BCUT2D eigenvalue weighted by molar-refractivity contribution is -0.701. The first-order chi connectivity index (χ1) is 19.1. The highest BCUT2D eigenvalue weighted by Gasteiger charge is 2.45. The van der Waals surface area contributed by atoms with E-state index in [9.17, 15) is 9.59 Å². The van der Waals surface area contributed by atoms with Crippen LogP contribution in [-0.4, -0.2) is 38.2 Å². The number of hydrogen-bond acceptors (Lipinski definition) is 5. The fraction of sp³-hybridized carbons (Fsp3) is 0.774. The summed E-state index contributed by atoms with van der Waals surface area (Å²) >= 11 is 1.81. The number of hydrogen-bond donors (Lipinski definition) is 2. The lowest BCUT2D eigenvalue weighted by Crippen LogP contribution is -2.47. The van der Waals surface area contributed by atoms with Gasteiger partial charge in [0.25, 0.3) is 0 Å². The second kappa shape index (κ2) is 20.0. The zero-order valence-corrected chi connectivity index (χ0v) is 25.7. The number of nitrogens with zero attached hydrogens (tertiary/aromatic N) is 1. The first-order valence-electron chi connectivity index (χ1n) is 15.4. The summed E-state index contributed by atoms with van der Waals surface area (Å²) in [5, 5.41) is 5.74. The number of carbonyl (C=O) groups is 2. The normalized spacial score (nSPS) is 16.4. The highest BCUT2D eigenvalue weighted by atomic mass is 32.2. The minimum atomic E-state index is -0.457. The predicted octanol–water partition coefficient (Wildman–Crippen LogP) is 7.39. The van der Waals surface area contributed by atoms with Crippen molar-refractivity contribution in [2.24, 2.45) is 0 Å². The molecule has 7 nitrogen and oxygen atoms in total. The molecular formula is C31H54N3O4S+. The number of ether oxygens (including phenoxy) is 2. The highest BCUT2D eigenvalue weighted by molar-refractivity contribution is 8.01. The maximum absolute atomic E-state index is 12.4. The lowest BCUT2D eigenvalue weighted by atomic mass is 9.93. The van der Waals surface area contributed by atoms with Crippen LogP contribution in [0.5, 0.6) is 0 Å². The van der Waals surface area contributed by atoms with Gasteiger partial charge in [-0.25, -0.2) is 14.2 Å². The van der Waals surface area contributed by atoms with Crippen LogP contribution in [0.4, 0.5) is 9.59 Å². The first-order valence-corrected chi connectivity index (χ1v) is 16.4. The van der Waals surface area contributed by atoms with Crippen LogP contribution >= 0.6 is 11.8 Å². The first kappa shape index (κ1) is 33.2. The number of carbonyl (C=O) groups excluding carboxylic acids is 2. The van der Waals surface area contributed by atoms with Gasteiger partial charge in [-0.2, -0.15) is 0 Å². The maximum atomic E-state index is 12.4. The summed E-state index contributed by atoms with van der Waals surface area (Å²) in [5.41, 5.74) is 2.13. The highest BCUT2D eigenvalue weighted by Crippen LogP contribution is 2.50. The smallest absolute Gasteiger partial charge is 0.407 e. The Morgan fingerprint density at radius 1 is 0.897 bits per heavy atom. The third-order valence-electron chi connectivity index (χ3n) is 7.72. The van der Waals surface area contributed by atoms with Gasteiger partial charge in [0.15, 0.2) is 6.20 Å². The fourth-order valence-electron chi connectivity index (χ4n) is 5.22. The molecule has 1 aliphatic rings. The molecule has 1 aromatic heterocycles. The van der Waals surface area contributed by atoms with Crippen molar-refractivity contribution in [2.45, 2.75) is 128 Å². The molecule has 2 N–H and O–H groups in total. The SMILES string of the molecule is CCCCCCCCCCCCCCCCNC(=O)OCC1(c2ccc[n+](CC)c2CNC(=O)OC)CCS1. The van der Waals surface area contributed by atoms with E-state index >= 15 is 0 Å². The van der Waals surface area contributed by atoms with Gasteiger partial charge in [-0.15, -0.1) is 11.8 Å². The Labute approximate surface area is 241 Å². The van der Waals surface area contributed by atoms with Gasteiger partial charge in [0.05, 0.1) is 11.9 Å². The van der Waals surface area contributed by atoms with Crippen LogP contribution in [-0.2, 0) is 27.3 Å². The molecule has 1 unspecified atom stereocenters. The van der Waals surface area contributed by atoms with E-state index in [1.807, 2.05) is 24.0 Å². The number of aromatic nitrogens is 1. The van der Waals surface area contributed by atoms with E-state index in [4.69, 9.17) is 9.47 Å². The molecule has 0 bridgehead atoms. The molecule has 1 atom stereocenters. The minimum Gasteiger partial charge on any atom is -0.453 e. The monoisotopic (exact) mass is 564 g/mol. The zero-order valence-electron chi connectivity index (χ0n) is 24.9. The third-order valence-corrected chi connectivity index (χ3v) is 9.23. The van der Waals surface area contributed by atoms with Crippen LogP contribution in [0.1, 0.15) is 121 Å². The number of aryl methyl sites for hydroxylation is 1. The molecule has 222 valence electrons. The molecule has 2 rings (SSSR count). The van der Waals surface area contributed by atoms with Crippen LogP contribution in [0.15, 0.2) is 18.3 Å². The van der Waals surface area contributed by atoms with Crippen molar-refractivity contribution in [1.82, 2.24) is 10.6 Å². The summed E-state index contributed by atoms with van der Waals surface area (Å²) in [6.45, 7) is 6.48. The molecule has 0 radical (unpaired) electrons. The molecular weight excluding hydrogens is 510 g/mol. The van der Waals surface area contributed by atoms with E-state index in [0.717, 1.165) is 42.8 Å². The van der Waals surface area contributed by atoms with E-state index in [0.29, 0.717) is 19.7 Å². The number of methoxy groups -OCH3 is 1. The number of rotatable bonds is 21.